The maximum Gasteiger partial charge on any atom is 0.246 e. The molecular formula is C26H37N3O5. The number of aliphatic hydroxyl groups is 1. The highest BCUT2D eigenvalue weighted by Gasteiger charge is 2.75. The Morgan fingerprint density at radius 3 is 2.50 bits per heavy atom. The Hall–Kier alpha value is -2.45. The molecule has 8 heteroatoms. The number of likely N-dealkylation sites (tertiary alicyclic amines) is 1. The molecule has 0 radical (unpaired) electrons. The second kappa shape index (κ2) is 9.66. The van der Waals surface area contributed by atoms with Crippen molar-refractivity contribution < 1.29 is 24.2 Å². The number of hydrogen-bond donors (Lipinski definition) is 3. The van der Waals surface area contributed by atoms with Crippen LogP contribution < -0.4 is 10.6 Å². The average molecular weight is 472 g/mol. The normalized spacial score (nSPS) is 30.7. The zero-order chi connectivity index (χ0) is 24.6. The molecule has 186 valence electrons. The summed E-state index contributed by atoms with van der Waals surface area (Å²) in [4.78, 5) is 42.3. The molecule has 0 aromatic heterocycles. The SMILES string of the molecule is CC(C)C[C@H](CO)N1C(=O)[C@@H]2[C@H](C(=O)NCc3ccccc3)[C@@H]3CCC2(O3)C1C(=O)NC(C)C. The maximum atomic E-state index is 13.9. The number of hydrogen-bond acceptors (Lipinski definition) is 5. The predicted molar refractivity (Wildman–Crippen MR) is 126 cm³/mol. The number of fused-ring (bicyclic) bond motifs is 1. The van der Waals surface area contributed by atoms with Crippen LogP contribution in [0.2, 0.25) is 0 Å². The summed E-state index contributed by atoms with van der Waals surface area (Å²) < 4.78 is 6.42. The topological polar surface area (TPSA) is 108 Å². The van der Waals surface area contributed by atoms with Crippen molar-refractivity contribution in [2.24, 2.45) is 17.8 Å². The van der Waals surface area contributed by atoms with Gasteiger partial charge in [0, 0.05) is 12.6 Å². The van der Waals surface area contributed by atoms with Crippen LogP contribution in [0.15, 0.2) is 30.3 Å². The third kappa shape index (κ3) is 4.22. The lowest BCUT2D eigenvalue weighted by Crippen LogP contribution is -2.59. The summed E-state index contributed by atoms with van der Waals surface area (Å²) >= 11 is 0. The largest absolute Gasteiger partial charge is 0.394 e. The van der Waals surface area contributed by atoms with Gasteiger partial charge >= 0.3 is 0 Å². The predicted octanol–water partition coefficient (Wildman–Crippen LogP) is 1.61. The van der Waals surface area contributed by atoms with Crippen LogP contribution in [0.4, 0.5) is 0 Å². The van der Waals surface area contributed by atoms with Gasteiger partial charge in [0.25, 0.3) is 0 Å². The molecule has 2 bridgehead atoms. The minimum absolute atomic E-state index is 0.110. The summed E-state index contributed by atoms with van der Waals surface area (Å²) in [5.41, 5.74) is -0.0691. The zero-order valence-corrected chi connectivity index (χ0v) is 20.5. The number of aliphatic hydroxyl groups excluding tert-OH is 1. The molecule has 4 rings (SSSR count). The molecule has 3 aliphatic rings. The Morgan fingerprint density at radius 1 is 1.18 bits per heavy atom. The van der Waals surface area contributed by atoms with Crippen molar-refractivity contribution in [3.63, 3.8) is 0 Å². The molecule has 3 fully saturated rings. The van der Waals surface area contributed by atoms with Crippen LogP contribution in [-0.2, 0) is 25.7 Å². The maximum absolute atomic E-state index is 13.9. The number of benzene rings is 1. The molecule has 3 aliphatic heterocycles. The van der Waals surface area contributed by atoms with E-state index >= 15 is 0 Å². The van der Waals surface area contributed by atoms with Crippen LogP contribution >= 0.6 is 0 Å². The number of rotatable bonds is 9. The minimum Gasteiger partial charge on any atom is -0.394 e. The molecule has 1 spiro atoms. The van der Waals surface area contributed by atoms with Crippen LogP contribution in [0.3, 0.4) is 0 Å². The summed E-state index contributed by atoms with van der Waals surface area (Å²) in [6.07, 6.45) is 1.34. The van der Waals surface area contributed by atoms with E-state index < -0.39 is 29.5 Å². The molecule has 1 aromatic carbocycles. The molecule has 3 heterocycles. The fourth-order valence-corrected chi connectivity index (χ4v) is 6.17. The van der Waals surface area contributed by atoms with Crippen LogP contribution in [-0.4, -0.2) is 64.2 Å². The van der Waals surface area contributed by atoms with Crippen LogP contribution in [0, 0.1) is 17.8 Å². The lowest BCUT2D eigenvalue weighted by molar-refractivity contribution is -0.146. The first-order valence-corrected chi connectivity index (χ1v) is 12.4. The number of nitrogens with zero attached hydrogens (tertiary/aromatic N) is 1. The van der Waals surface area contributed by atoms with Gasteiger partial charge in [-0.25, -0.2) is 0 Å². The van der Waals surface area contributed by atoms with E-state index in [4.69, 9.17) is 4.74 Å². The van der Waals surface area contributed by atoms with E-state index in [2.05, 4.69) is 10.6 Å². The number of ether oxygens (including phenoxy) is 1. The molecule has 0 saturated carbocycles. The molecular weight excluding hydrogens is 434 g/mol. The Labute approximate surface area is 201 Å². The van der Waals surface area contributed by atoms with E-state index in [1.807, 2.05) is 58.0 Å². The first-order chi connectivity index (χ1) is 16.2. The monoisotopic (exact) mass is 471 g/mol. The van der Waals surface area contributed by atoms with Crippen molar-refractivity contribution in [2.75, 3.05) is 6.61 Å². The second-order valence-corrected chi connectivity index (χ2v) is 10.6. The number of amides is 3. The molecule has 6 atom stereocenters. The number of carbonyl (C=O) groups excluding carboxylic acids is 3. The molecule has 2 unspecified atom stereocenters. The van der Waals surface area contributed by atoms with Gasteiger partial charge in [0.15, 0.2) is 0 Å². The van der Waals surface area contributed by atoms with Crippen molar-refractivity contribution in [2.45, 2.75) is 83.3 Å². The Kier molecular flexibility index (Phi) is 7.01. The minimum atomic E-state index is -1.04. The van der Waals surface area contributed by atoms with Crippen LogP contribution in [0.25, 0.3) is 0 Å². The highest BCUT2D eigenvalue weighted by molar-refractivity contribution is 5.99. The summed E-state index contributed by atoms with van der Waals surface area (Å²) in [5, 5.41) is 16.1. The van der Waals surface area contributed by atoms with Gasteiger partial charge in [-0.05, 0) is 44.6 Å². The second-order valence-electron chi connectivity index (χ2n) is 10.6. The fourth-order valence-electron chi connectivity index (χ4n) is 6.17. The molecule has 34 heavy (non-hydrogen) atoms. The molecule has 8 nitrogen and oxygen atoms in total. The lowest BCUT2D eigenvalue weighted by Gasteiger charge is -2.37. The van der Waals surface area contributed by atoms with Gasteiger partial charge in [0.1, 0.15) is 11.6 Å². The Bertz CT molecular complexity index is 920. The number of nitrogens with one attached hydrogen (secondary N) is 2. The van der Waals surface area contributed by atoms with Gasteiger partial charge in [-0.15, -0.1) is 0 Å². The van der Waals surface area contributed by atoms with Crippen molar-refractivity contribution in [1.29, 1.82) is 0 Å². The first-order valence-electron chi connectivity index (χ1n) is 12.4. The van der Waals surface area contributed by atoms with Crippen molar-refractivity contribution in [3.05, 3.63) is 35.9 Å². The standard InChI is InChI=1S/C26H37N3O5/c1-15(2)12-18(14-30)29-22(24(32)28-16(3)4)26-11-10-19(34-26)20(21(26)25(29)33)23(31)27-13-17-8-6-5-7-9-17/h5-9,15-16,18-22,30H,10-14H2,1-4H3,(H,27,31)(H,28,32)/t18-,19+,20-,21+,22?,26?/m1/s1. The van der Waals surface area contributed by atoms with Gasteiger partial charge in [-0.1, -0.05) is 44.2 Å². The summed E-state index contributed by atoms with van der Waals surface area (Å²) in [6.45, 7) is 7.91. The molecule has 1 aromatic rings. The van der Waals surface area contributed by atoms with E-state index in [1.165, 1.54) is 0 Å². The Balaban J connectivity index is 1.65. The third-order valence-electron chi connectivity index (χ3n) is 7.38. The van der Waals surface area contributed by atoms with Gasteiger partial charge in [0.05, 0.1) is 30.6 Å². The van der Waals surface area contributed by atoms with E-state index in [-0.39, 0.29) is 42.4 Å². The van der Waals surface area contributed by atoms with Gasteiger partial charge in [0.2, 0.25) is 17.7 Å². The summed E-state index contributed by atoms with van der Waals surface area (Å²) in [5.74, 6) is -1.92. The van der Waals surface area contributed by atoms with E-state index in [1.54, 1.807) is 4.90 Å². The molecule has 0 aliphatic carbocycles. The van der Waals surface area contributed by atoms with Gasteiger partial charge in [-0.2, -0.15) is 0 Å². The molecule has 3 amide bonds. The van der Waals surface area contributed by atoms with Crippen molar-refractivity contribution in [3.8, 4) is 0 Å². The third-order valence-corrected chi connectivity index (χ3v) is 7.38. The smallest absolute Gasteiger partial charge is 0.246 e. The van der Waals surface area contributed by atoms with E-state index in [0.717, 1.165) is 5.56 Å². The summed E-state index contributed by atoms with van der Waals surface area (Å²) in [7, 11) is 0. The molecule has 3 saturated heterocycles. The Morgan fingerprint density at radius 2 is 1.88 bits per heavy atom. The van der Waals surface area contributed by atoms with E-state index in [0.29, 0.717) is 25.8 Å². The van der Waals surface area contributed by atoms with Gasteiger partial charge < -0.3 is 25.4 Å². The van der Waals surface area contributed by atoms with E-state index in [9.17, 15) is 19.5 Å². The van der Waals surface area contributed by atoms with Crippen molar-refractivity contribution >= 4 is 17.7 Å². The number of carbonyl (C=O) groups is 3. The highest BCUT2D eigenvalue weighted by Crippen LogP contribution is 2.58. The van der Waals surface area contributed by atoms with Crippen LogP contribution in [0.5, 0.6) is 0 Å². The zero-order valence-electron chi connectivity index (χ0n) is 20.5. The molecule has 3 N–H and O–H groups in total. The average Bonchev–Trinajstić information content (AvgIpc) is 3.43. The lowest BCUT2D eigenvalue weighted by atomic mass is 9.70. The van der Waals surface area contributed by atoms with Crippen molar-refractivity contribution in [1.82, 2.24) is 15.5 Å². The fraction of sp³-hybridized carbons (Fsp3) is 0.654. The summed E-state index contributed by atoms with van der Waals surface area (Å²) in [6, 6.07) is 8.14. The highest BCUT2D eigenvalue weighted by atomic mass is 16.5. The van der Waals surface area contributed by atoms with Gasteiger partial charge in [-0.3, -0.25) is 14.4 Å². The van der Waals surface area contributed by atoms with Crippen LogP contribution in [0.1, 0.15) is 52.5 Å². The quantitative estimate of drug-likeness (QED) is 0.507. The first kappa shape index (κ1) is 24.7.